The van der Waals surface area contributed by atoms with Crippen molar-refractivity contribution >= 4 is 17.1 Å². The first-order valence-electron chi connectivity index (χ1n) is 9.38. The zero-order chi connectivity index (χ0) is 16.5. The summed E-state index contributed by atoms with van der Waals surface area (Å²) in [4.78, 5) is 24.2. The Bertz CT molecular complexity index is 732. The maximum absolute atomic E-state index is 12.7. The summed E-state index contributed by atoms with van der Waals surface area (Å²) in [7, 11) is 0. The Kier molecular flexibility index (Phi) is 4.25. The molecule has 2 aromatic rings. The summed E-state index contributed by atoms with van der Waals surface area (Å²) in [5.74, 6) is 2.12. The number of aromatic nitrogens is 3. The van der Waals surface area contributed by atoms with Crippen molar-refractivity contribution in [2.45, 2.75) is 57.9 Å². The van der Waals surface area contributed by atoms with Gasteiger partial charge in [-0.3, -0.25) is 4.79 Å². The van der Waals surface area contributed by atoms with Crippen molar-refractivity contribution in [2.24, 2.45) is 5.92 Å². The van der Waals surface area contributed by atoms with Crippen LogP contribution in [0, 0.1) is 5.92 Å². The van der Waals surface area contributed by atoms with Gasteiger partial charge in [0.1, 0.15) is 11.3 Å². The molecule has 1 aliphatic heterocycles. The molecule has 128 valence electrons. The van der Waals surface area contributed by atoms with Gasteiger partial charge in [0.05, 0.1) is 0 Å². The minimum Gasteiger partial charge on any atom is -0.342 e. The lowest BCUT2D eigenvalue weighted by atomic mass is 10.1. The second-order valence-electron chi connectivity index (χ2n) is 7.22. The molecule has 5 nitrogen and oxygen atoms in total. The number of nitrogens with zero attached hydrogens (tertiary/aromatic N) is 4. The highest BCUT2D eigenvalue weighted by molar-refractivity contribution is 5.79. The summed E-state index contributed by atoms with van der Waals surface area (Å²) in [6.07, 6.45) is 8.51. The molecule has 0 radical (unpaired) electrons. The van der Waals surface area contributed by atoms with Crippen LogP contribution in [0.4, 0.5) is 0 Å². The van der Waals surface area contributed by atoms with E-state index in [1.165, 1.54) is 12.8 Å². The van der Waals surface area contributed by atoms with E-state index in [4.69, 9.17) is 4.98 Å². The lowest BCUT2D eigenvalue weighted by Crippen LogP contribution is -2.33. The average Bonchev–Trinajstić information content (AvgIpc) is 3.34. The summed E-state index contributed by atoms with van der Waals surface area (Å²) >= 11 is 0. The molecule has 24 heavy (non-hydrogen) atoms. The van der Waals surface area contributed by atoms with Gasteiger partial charge in [-0.15, -0.1) is 0 Å². The van der Waals surface area contributed by atoms with Gasteiger partial charge in [-0.05, 0) is 37.8 Å². The molecule has 2 aliphatic rings. The summed E-state index contributed by atoms with van der Waals surface area (Å²) in [6, 6.07) is 3.98. The first kappa shape index (κ1) is 15.6. The summed E-state index contributed by atoms with van der Waals surface area (Å²) < 4.78 is 2.27. The molecule has 5 heteroatoms. The molecule has 3 heterocycles. The number of likely N-dealkylation sites (tertiary alicyclic amines) is 1. The highest BCUT2D eigenvalue weighted by Gasteiger charge is 2.34. The van der Waals surface area contributed by atoms with Crippen LogP contribution in [0.5, 0.6) is 0 Å². The predicted octanol–water partition coefficient (Wildman–Crippen LogP) is 3.35. The van der Waals surface area contributed by atoms with Gasteiger partial charge in [-0.25, -0.2) is 9.97 Å². The van der Waals surface area contributed by atoms with Crippen molar-refractivity contribution in [3.05, 3.63) is 24.2 Å². The molecule has 1 unspecified atom stereocenters. The van der Waals surface area contributed by atoms with Crippen LogP contribution in [0.3, 0.4) is 0 Å². The van der Waals surface area contributed by atoms with Gasteiger partial charge >= 0.3 is 0 Å². The van der Waals surface area contributed by atoms with Crippen LogP contribution >= 0.6 is 0 Å². The Morgan fingerprint density at radius 2 is 2.12 bits per heavy atom. The molecule has 1 aliphatic carbocycles. The minimum absolute atomic E-state index is 0.278. The Morgan fingerprint density at radius 3 is 2.92 bits per heavy atom. The van der Waals surface area contributed by atoms with Crippen molar-refractivity contribution in [1.82, 2.24) is 19.4 Å². The normalized spacial score (nSPS) is 21.9. The fourth-order valence-corrected chi connectivity index (χ4v) is 4.33. The third kappa shape index (κ3) is 2.70. The number of carbonyl (C=O) groups is 1. The zero-order valence-electron chi connectivity index (χ0n) is 14.4. The lowest BCUT2D eigenvalue weighted by molar-refractivity contribution is -0.134. The van der Waals surface area contributed by atoms with Gasteiger partial charge in [-0.1, -0.05) is 19.8 Å². The molecule has 1 amide bonds. The van der Waals surface area contributed by atoms with Gasteiger partial charge in [-0.2, -0.15) is 0 Å². The summed E-state index contributed by atoms with van der Waals surface area (Å²) in [6.45, 7) is 4.82. The highest BCUT2D eigenvalue weighted by atomic mass is 16.2. The zero-order valence-corrected chi connectivity index (χ0v) is 14.4. The van der Waals surface area contributed by atoms with Crippen LogP contribution in [0.1, 0.15) is 57.2 Å². The van der Waals surface area contributed by atoms with Crippen LogP contribution in [0.25, 0.3) is 11.2 Å². The van der Waals surface area contributed by atoms with Gasteiger partial charge in [0.25, 0.3) is 0 Å². The molecule has 0 aromatic carbocycles. The minimum atomic E-state index is 0.278. The van der Waals surface area contributed by atoms with E-state index < -0.39 is 0 Å². The molecule has 1 atom stereocenters. The Labute approximate surface area is 143 Å². The first-order valence-corrected chi connectivity index (χ1v) is 9.38. The average molecular weight is 326 g/mol. The Balaban J connectivity index is 1.57. The number of hydrogen-bond donors (Lipinski definition) is 0. The topological polar surface area (TPSA) is 51.0 Å². The first-order chi connectivity index (χ1) is 11.8. The third-order valence-electron chi connectivity index (χ3n) is 5.55. The van der Waals surface area contributed by atoms with Crippen molar-refractivity contribution in [1.29, 1.82) is 0 Å². The van der Waals surface area contributed by atoms with E-state index >= 15 is 0 Å². The van der Waals surface area contributed by atoms with E-state index in [1.54, 1.807) is 0 Å². The molecular weight excluding hydrogens is 300 g/mol. The molecule has 0 spiro atoms. The molecule has 1 saturated heterocycles. The second-order valence-corrected chi connectivity index (χ2v) is 7.22. The largest absolute Gasteiger partial charge is 0.342 e. The number of pyridine rings is 1. The van der Waals surface area contributed by atoms with E-state index in [9.17, 15) is 4.79 Å². The molecule has 2 fully saturated rings. The molecule has 0 bridgehead atoms. The number of hydrogen-bond acceptors (Lipinski definition) is 3. The molecule has 2 aromatic heterocycles. The predicted molar refractivity (Wildman–Crippen MR) is 93.7 cm³/mol. The van der Waals surface area contributed by atoms with E-state index in [0.29, 0.717) is 11.8 Å². The van der Waals surface area contributed by atoms with Crippen LogP contribution in [-0.4, -0.2) is 38.4 Å². The fraction of sp³-hybridized carbons (Fsp3) is 0.632. The number of rotatable bonds is 4. The molecule has 4 rings (SSSR count). The number of carbonyl (C=O) groups excluding carboxylic acids is 1. The van der Waals surface area contributed by atoms with Gasteiger partial charge in [0.15, 0.2) is 5.65 Å². The monoisotopic (exact) mass is 326 g/mol. The number of aryl methyl sites for hydroxylation is 1. The standard InChI is InChI=1S/C19H26N4O/c1-2-11-23-17(21-16-8-5-10-20-18(16)23)15-9-12-22(13-15)19(24)14-6-3-4-7-14/h5,8,10,14-15H,2-4,6-7,9,11-13H2,1H3. The third-order valence-corrected chi connectivity index (χ3v) is 5.55. The number of amides is 1. The van der Waals surface area contributed by atoms with E-state index in [2.05, 4.69) is 21.4 Å². The smallest absolute Gasteiger partial charge is 0.225 e. The lowest BCUT2D eigenvalue weighted by Gasteiger charge is -2.20. The second kappa shape index (κ2) is 6.54. The fourth-order valence-electron chi connectivity index (χ4n) is 4.33. The van der Waals surface area contributed by atoms with Crippen LogP contribution < -0.4 is 0 Å². The van der Waals surface area contributed by atoms with Crippen molar-refractivity contribution < 1.29 is 4.79 Å². The quantitative estimate of drug-likeness (QED) is 0.866. The van der Waals surface area contributed by atoms with Crippen LogP contribution in [-0.2, 0) is 11.3 Å². The van der Waals surface area contributed by atoms with Crippen molar-refractivity contribution in [2.75, 3.05) is 13.1 Å². The summed E-state index contributed by atoms with van der Waals surface area (Å²) in [5.41, 5.74) is 1.96. The highest BCUT2D eigenvalue weighted by Crippen LogP contribution is 2.33. The maximum Gasteiger partial charge on any atom is 0.225 e. The van der Waals surface area contributed by atoms with Crippen molar-refractivity contribution in [3.63, 3.8) is 0 Å². The van der Waals surface area contributed by atoms with Crippen LogP contribution in [0.2, 0.25) is 0 Å². The van der Waals surface area contributed by atoms with Crippen LogP contribution in [0.15, 0.2) is 18.3 Å². The Morgan fingerprint density at radius 1 is 1.29 bits per heavy atom. The number of fused-ring (bicyclic) bond motifs is 1. The molecule has 0 N–H and O–H groups in total. The SMILES string of the molecule is CCCn1c(C2CCN(C(=O)C3CCCC3)C2)nc2cccnc21. The molecule has 1 saturated carbocycles. The van der Waals surface area contributed by atoms with Crippen molar-refractivity contribution in [3.8, 4) is 0 Å². The number of imidazole rings is 1. The molecular formula is C19H26N4O. The van der Waals surface area contributed by atoms with E-state index in [0.717, 1.165) is 62.3 Å². The van der Waals surface area contributed by atoms with Gasteiger partial charge in [0.2, 0.25) is 5.91 Å². The van der Waals surface area contributed by atoms with Gasteiger partial charge < -0.3 is 9.47 Å². The van der Waals surface area contributed by atoms with Gasteiger partial charge in [0, 0.05) is 37.7 Å². The maximum atomic E-state index is 12.7. The Hall–Kier alpha value is -1.91. The van der Waals surface area contributed by atoms with E-state index in [1.807, 2.05) is 18.3 Å². The van der Waals surface area contributed by atoms with E-state index in [-0.39, 0.29) is 5.92 Å². The summed E-state index contributed by atoms with van der Waals surface area (Å²) in [5, 5.41) is 0.